The minimum absolute atomic E-state index is 0.0608. The van der Waals surface area contributed by atoms with Gasteiger partial charge in [0, 0.05) is 20.1 Å². The Balaban J connectivity index is 2.73. The molecule has 21 heavy (non-hydrogen) atoms. The molecular weight excluding hydrogens is 274 g/mol. The lowest BCUT2D eigenvalue weighted by Gasteiger charge is -2.36. The number of aliphatic carboxylic acids is 1. The number of carbonyl (C=O) groups excluding carboxylic acids is 2. The second kappa shape index (κ2) is 7.28. The zero-order valence-electron chi connectivity index (χ0n) is 13.0. The first-order chi connectivity index (χ1) is 9.89. The van der Waals surface area contributed by atoms with E-state index in [-0.39, 0.29) is 12.5 Å². The molecule has 1 rings (SSSR count). The molecule has 1 heterocycles. The topological polar surface area (TPSA) is 90.0 Å². The molecule has 1 aliphatic heterocycles. The Morgan fingerprint density at radius 3 is 2.52 bits per heavy atom. The molecular formula is C14H25N3O4. The minimum Gasteiger partial charge on any atom is -0.479 e. The van der Waals surface area contributed by atoms with Gasteiger partial charge in [0.15, 0.2) is 0 Å². The molecule has 7 nitrogen and oxygen atoms in total. The van der Waals surface area contributed by atoms with Crippen LogP contribution in [0, 0.1) is 0 Å². The number of amides is 3. The molecule has 1 saturated heterocycles. The number of hydrogen-bond acceptors (Lipinski definition) is 3. The van der Waals surface area contributed by atoms with Crippen molar-refractivity contribution in [3.63, 3.8) is 0 Å². The van der Waals surface area contributed by atoms with Gasteiger partial charge >= 0.3 is 12.0 Å². The van der Waals surface area contributed by atoms with Gasteiger partial charge in [-0.25, -0.2) is 9.59 Å². The molecule has 7 heteroatoms. The third kappa shape index (κ3) is 3.65. The van der Waals surface area contributed by atoms with E-state index in [2.05, 4.69) is 5.32 Å². The molecule has 1 aliphatic rings. The predicted octanol–water partition coefficient (Wildman–Crippen LogP) is 0.894. The molecule has 1 unspecified atom stereocenters. The molecule has 0 bridgehead atoms. The smallest absolute Gasteiger partial charge is 0.329 e. The molecule has 3 amide bonds. The molecule has 0 spiro atoms. The van der Waals surface area contributed by atoms with Gasteiger partial charge in [-0.2, -0.15) is 0 Å². The Labute approximate surface area is 125 Å². The molecule has 0 aromatic carbocycles. The summed E-state index contributed by atoms with van der Waals surface area (Å²) in [6, 6.07) is -0.400. The summed E-state index contributed by atoms with van der Waals surface area (Å²) in [4.78, 5) is 38.3. The lowest BCUT2D eigenvalue weighted by molar-refractivity contribution is -0.148. The second-order valence-electron chi connectivity index (χ2n) is 5.43. The normalized spacial score (nSPS) is 21.2. The lowest BCUT2D eigenvalue weighted by Crippen LogP contribution is -2.56. The summed E-state index contributed by atoms with van der Waals surface area (Å²) in [6.07, 6.45) is 2.32. The van der Waals surface area contributed by atoms with Gasteiger partial charge in [0.2, 0.25) is 5.91 Å². The fourth-order valence-corrected chi connectivity index (χ4v) is 2.71. The molecule has 0 aliphatic carbocycles. The fraction of sp³-hybridized carbons (Fsp3) is 0.786. The first-order valence-electron chi connectivity index (χ1n) is 7.41. The van der Waals surface area contributed by atoms with Crippen LogP contribution in [0.3, 0.4) is 0 Å². The van der Waals surface area contributed by atoms with Gasteiger partial charge in [-0.15, -0.1) is 0 Å². The van der Waals surface area contributed by atoms with Crippen molar-refractivity contribution in [2.45, 2.75) is 45.1 Å². The molecule has 0 saturated carbocycles. The number of hydrogen-bond donors (Lipinski definition) is 2. The van der Waals surface area contributed by atoms with Crippen molar-refractivity contribution in [1.82, 2.24) is 15.1 Å². The van der Waals surface area contributed by atoms with E-state index in [9.17, 15) is 19.5 Å². The number of carbonyl (C=O) groups is 3. The Morgan fingerprint density at radius 1 is 1.33 bits per heavy atom. The van der Waals surface area contributed by atoms with Crippen molar-refractivity contribution >= 4 is 17.9 Å². The van der Waals surface area contributed by atoms with E-state index in [0.717, 1.165) is 6.42 Å². The van der Waals surface area contributed by atoms with E-state index in [4.69, 9.17) is 0 Å². The third-order valence-corrected chi connectivity index (χ3v) is 3.98. The standard InChI is InChI=1S/C14H25N3O4/c1-4-8-15-11(18)10-16(3)13(21)17-9-6-7-14(17,5-2)12(19)20/h4-10H2,1-3H3,(H,15,18)(H,19,20). The van der Waals surface area contributed by atoms with E-state index in [0.29, 0.717) is 32.4 Å². The zero-order valence-corrected chi connectivity index (χ0v) is 13.0. The molecule has 120 valence electrons. The van der Waals surface area contributed by atoms with Gasteiger partial charge in [-0.05, 0) is 25.7 Å². The number of likely N-dealkylation sites (tertiary alicyclic amines) is 1. The quantitative estimate of drug-likeness (QED) is 0.762. The summed E-state index contributed by atoms with van der Waals surface area (Å²) in [5.41, 5.74) is -1.13. The van der Waals surface area contributed by atoms with Crippen LogP contribution >= 0.6 is 0 Å². The summed E-state index contributed by atoms with van der Waals surface area (Å²) < 4.78 is 0. The number of rotatable bonds is 6. The fourth-order valence-electron chi connectivity index (χ4n) is 2.71. The molecule has 1 atom stereocenters. The van der Waals surface area contributed by atoms with Gasteiger partial charge in [0.05, 0.1) is 0 Å². The van der Waals surface area contributed by atoms with Crippen molar-refractivity contribution in [1.29, 1.82) is 0 Å². The van der Waals surface area contributed by atoms with E-state index >= 15 is 0 Å². The zero-order chi connectivity index (χ0) is 16.0. The molecule has 0 radical (unpaired) electrons. The van der Waals surface area contributed by atoms with Crippen LogP contribution in [0.15, 0.2) is 0 Å². The summed E-state index contributed by atoms with van der Waals surface area (Å²) in [5.74, 6) is -1.20. The van der Waals surface area contributed by atoms with Crippen molar-refractivity contribution < 1.29 is 19.5 Å². The van der Waals surface area contributed by atoms with Gasteiger partial charge in [0.1, 0.15) is 12.1 Å². The van der Waals surface area contributed by atoms with Crippen LogP contribution < -0.4 is 5.32 Å². The first-order valence-corrected chi connectivity index (χ1v) is 7.41. The number of urea groups is 1. The highest BCUT2D eigenvalue weighted by atomic mass is 16.4. The van der Waals surface area contributed by atoms with Crippen LogP contribution in [0.2, 0.25) is 0 Å². The Bertz CT molecular complexity index is 413. The molecule has 1 fully saturated rings. The predicted molar refractivity (Wildman–Crippen MR) is 77.9 cm³/mol. The molecule has 0 aromatic heterocycles. The van der Waals surface area contributed by atoms with Crippen LogP contribution in [0.4, 0.5) is 4.79 Å². The summed E-state index contributed by atoms with van der Waals surface area (Å²) >= 11 is 0. The highest BCUT2D eigenvalue weighted by Gasteiger charge is 2.49. The summed E-state index contributed by atoms with van der Waals surface area (Å²) in [5, 5.41) is 12.2. The van der Waals surface area contributed by atoms with Crippen LogP contribution in [0.25, 0.3) is 0 Å². The number of carboxylic acid groups (broad SMARTS) is 1. The van der Waals surface area contributed by atoms with E-state index in [1.165, 1.54) is 16.8 Å². The van der Waals surface area contributed by atoms with Crippen molar-refractivity contribution in [2.24, 2.45) is 0 Å². The first kappa shape index (κ1) is 17.3. The summed E-state index contributed by atoms with van der Waals surface area (Å²) in [7, 11) is 1.52. The maximum Gasteiger partial charge on any atom is 0.329 e. The number of carboxylic acids is 1. The maximum absolute atomic E-state index is 12.4. The van der Waals surface area contributed by atoms with Crippen molar-refractivity contribution in [2.75, 3.05) is 26.7 Å². The largest absolute Gasteiger partial charge is 0.479 e. The Kier molecular flexibility index (Phi) is 5.99. The van der Waals surface area contributed by atoms with Gasteiger partial charge in [0.25, 0.3) is 0 Å². The van der Waals surface area contributed by atoms with Crippen molar-refractivity contribution in [3.05, 3.63) is 0 Å². The molecule has 2 N–H and O–H groups in total. The van der Waals surface area contributed by atoms with Crippen LogP contribution in [0.5, 0.6) is 0 Å². The van der Waals surface area contributed by atoms with E-state index < -0.39 is 17.5 Å². The second-order valence-corrected chi connectivity index (χ2v) is 5.43. The summed E-state index contributed by atoms with van der Waals surface area (Å²) in [6.45, 7) is 4.64. The van der Waals surface area contributed by atoms with Gasteiger partial charge in [-0.3, -0.25) is 4.79 Å². The highest BCUT2D eigenvalue weighted by molar-refractivity contribution is 5.89. The van der Waals surface area contributed by atoms with Crippen LogP contribution in [0.1, 0.15) is 39.5 Å². The van der Waals surface area contributed by atoms with Gasteiger partial charge in [-0.1, -0.05) is 13.8 Å². The van der Waals surface area contributed by atoms with Gasteiger partial charge < -0.3 is 20.2 Å². The van der Waals surface area contributed by atoms with Crippen LogP contribution in [-0.4, -0.2) is 65.0 Å². The number of likely N-dealkylation sites (N-methyl/N-ethyl adjacent to an activating group) is 1. The third-order valence-electron chi connectivity index (χ3n) is 3.98. The average molecular weight is 299 g/mol. The Morgan fingerprint density at radius 2 is 2.00 bits per heavy atom. The average Bonchev–Trinajstić information content (AvgIpc) is 2.89. The maximum atomic E-state index is 12.4. The minimum atomic E-state index is -1.13. The van der Waals surface area contributed by atoms with E-state index in [1.54, 1.807) is 6.92 Å². The number of nitrogens with one attached hydrogen (secondary N) is 1. The van der Waals surface area contributed by atoms with Crippen LogP contribution in [-0.2, 0) is 9.59 Å². The SMILES string of the molecule is CCCNC(=O)CN(C)C(=O)N1CCCC1(CC)C(=O)O. The lowest BCUT2D eigenvalue weighted by atomic mass is 9.93. The number of nitrogens with zero attached hydrogens (tertiary/aromatic N) is 2. The Hall–Kier alpha value is -1.79. The highest BCUT2D eigenvalue weighted by Crippen LogP contribution is 2.33. The van der Waals surface area contributed by atoms with Crippen molar-refractivity contribution in [3.8, 4) is 0 Å². The van der Waals surface area contributed by atoms with E-state index in [1.807, 2.05) is 6.92 Å². The molecule has 0 aromatic rings. The monoisotopic (exact) mass is 299 g/mol.